The van der Waals surface area contributed by atoms with E-state index in [1.807, 2.05) is 49.4 Å². The first-order valence-electron chi connectivity index (χ1n) is 12.3. The maximum absolute atomic E-state index is 13.2. The Bertz CT molecular complexity index is 1630. The van der Waals surface area contributed by atoms with Crippen molar-refractivity contribution in [1.82, 2.24) is 4.98 Å². The van der Waals surface area contributed by atoms with Crippen LogP contribution in [0.5, 0.6) is 17.4 Å². The molecule has 0 amide bonds. The summed E-state index contributed by atoms with van der Waals surface area (Å²) in [5.74, 6) is 1.11. The van der Waals surface area contributed by atoms with Crippen LogP contribution in [0.4, 0.5) is 0 Å². The summed E-state index contributed by atoms with van der Waals surface area (Å²) >= 11 is 0.947. The first kappa shape index (κ1) is 25.8. The number of hydrogen-bond donors (Lipinski definition) is 2. The van der Waals surface area contributed by atoms with Crippen molar-refractivity contribution in [3.8, 4) is 27.8 Å². The van der Waals surface area contributed by atoms with Gasteiger partial charge in [-0.05, 0) is 53.9 Å². The molecule has 0 unspecified atom stereocenters. The van der Waals surface area contributed by atoms with Gasteiger partial charge >= 0.3 is 4.87 Å². The van der Waals surface area contributed by atoms with Gasteiger partial charge in [0.1, 0.15) is 11.5 Å². The van der Waals surface area contributed by atoms with E-state index < -0.39 is 9.84 Å². The summed E-state index contributed by atoms with van der Waals surface area (Å²) in [4.78, 5) is 14.3. The van der Waals surface area contributed by atoms with Crippen LogP contribution in [-0.4, -0.2) is 31.7 Å². The Kier molecular flexibility index (Phi) is 7.40. The Balaban J connectivity index is 1.23. The molecule has 7 nitrogen and oxygen atoms in total. The number of ether oxygens (including phenoxy) is 2. The molecule has 0 saturated heterocycles. The highest BCUT2D eigenvalue weighted by molar-refractivity contribution is 7.95. The van der Waals surface area contributed by atoms with Crippen molar-refractivity contribution in [2.45, 2.75) is 31.1 Å². The molecule has 1 aliphatic heterocycles. The van der Waals surface area contributed by atoms with E-state index in [2.05, 4.69) is 4.98 Å². The van der Waals surface area contributed by atoms with Gasteiger partial charge in [-0.3, -0.25) is 9.78 Å². The Morgan fingerprint density at radius 2 is 1.66 bits per heavy atom. The molecule has 5 rings (SSSR count). The minimum Gasteiger partial charge on any atom is -0.493 e. The Morgan fingerprint density at radius 1 is 0.921 bits per heavy atom. The molecule has 196 valence electrons. The minimum absolute atomic E-state index is 0.139. The maximum atomic E-state index is 13.2. The van der Waals surface area contributed by atoms with Crippen molar-refractivity contribution in [1.29, 1.82) is 0 Å². The predicted molar refractivity (Wildman–Crippen MR) is 149 cm³/mol. The highest BCUT2D eigenvalue weighted by Crippen LogP contribution is 2.43. The average molecular weight is 550 g/mol. The number of hydrogen-bond acceptors (Lipinski definition) is 7. The third-order valence-corrected chi connectivity index (χ3v) is 8.71. The zero-order valence-corrected chi connectivity index (χ0v) is 22.4. The van der Waals surface area contributed by atoms with Crippen LogP contribution in [-0.2, 0) is 16.3 Å². The van der Waals surface area contributed by atoms with E-state index in [9.17, 15) is 18.3 Å². The molecule has 3 aromatic carbocycles. The quantitative estimate of drug-likeness (QED) is 0.243. The van der Waals surface area contributed by atoms with Crippen molar-refractivity contribution < 1.29 is 23.0 Å². The Morgan fingerprint density at radius 3 is 2.34 bits per heavy atom. The van der Waals surface area contributed by atoms with Gasteiger partial charge in [-0.25, -0.2) is 8.42 Å². The Labute approximate surface area is 224 Å². The fourth-order valence-corrected chi connectivity index (χ4v) is 6.99. The highest BCUT2D eigenvalue weighted by Gasteiger charge is 2.32. The second-order valence-electron chi connectivity index (χ2n) is 8.88. The molecular weight excluding hydrogens is 522 g/mol. The average Bonchev–Trinajstić information content (AvgIpc) is 3.40. The van der Waals surface area contributed by atoms with E-state index in [-0.39, 0.29) is 10.8 Å². The van der Waals surface area contributed by atoms with Crippen molar-refractivity contribution in [2.75, 3.05) is 13.2 Å². The van der Waals surface area contributed by atoms with E-state index in [0.717, 1.165) is 40.0 Å². The molecule has 0 aliphatic carbocycles. The molecule has 0 radical (unpaired) electrons. The number of H-pyrrole nitrogens is 1. The van der Waals surface area contributed by atoms with Crippen LogP contribution in [0.2, 0.25) is 0 Å². The second kappa shape index (κ2) is 10.9. The van der Waals surface area contributed by atoms with Gasteiger partial charge in [0.05, 0.1) is 23.0 Å². The van der Waals surface area contributed by atoms with Gasteiger partial charge in [0.2, 0.25) is 15.7 Å². The number of fused-ring (bicyclic) bond motifs is 1. The summed E-state index contributed by atoms with van der Waals surface area (Å²) in [6, 6.07) is 20.4. The SMILES string of the molecule is CCCc1c(OCCCOc2ccc(-c3sc(=O)[nH]c3O)cc2)ccc2c1S(=O)(=O)C=C2c1ccccc1. The highest BCUT2D eigenvalue weighted by atomic mass is 32.2. The number of nitrogens with one attached hydrogen (secondary N) is 1. The molecule has 1 aromatic heterocycles. The van der Waals surface area contributed by atoms with Crippen molar-refractivity contribution >= 4 is 26.7 Å². The van der Waals surface area contributed by atoms with E-state index in [1.54, 1.807) is 24.3 Å². The van der Waals surface area contributed by atoms with Crippen LogP contribution in [0.15, 0.2) is 81.8 Å². The van der Waals surface area contributed by atoms with Gasteiger partial charge in [-0.2, -0.15) is 0 Å². The first-order chi connectivity index (χ1) is 18.4. The van der Waals surface area contributed by atoms with Gasteiger partial charge in [0, 0.05) is 28.5 Å². The number of aromatic hydroxyl groups is 1. The van der Waals surface area contributed by atoms with E-state index in [1.165, 1.54) is 5.41 Å². The fourth-order valence-electron chi connectivity index (χ4n) is 4.54. The molecule has 0 saturated carbocycles. The van der Waals surface area contributed by atoms with E-state index in [4.69, 9.17) is 9.47 Å². The van der Waals surface area contributed by atoms with Gasteiger partial charge < -0.3 is 14.6 Å². The van der Waals surface area contributed by atoms with Crippen LogP contribution < -0.4 is 14.3 Å². The number of thiazole rings is 1. The summed E-state index contributed by atoms with van der Waals surface area (Å²) in [6.07, 6.45) is 1.99. The topological polar surface area (TPSA) is 106 Å². The third kappa shape index (κ3) is 5.25. The summed E-state index contributed by atoms with van der Waals surface area (Å²) in [5.41, 5.74) is 3.75. The normalized spacial score (nSPS) is 13.7. The van der Waals surface area contributed by atoms with Crippen LogP contribution in [0.25, 0.3) is 16.0 Å². The van der Waals surface area contributed by atoms with Crippen LogP contribution in [0, 0.1) is 0 Å². The maximum Gasteiger partial charge on any atom is 0.307 e. The summed E-state index contributed by atoms with van der Waals surface area (Å²) < 4.78 is 38.2. The lowest BCUT2D eigenvalue weighted by atomic mass is 9.96. The van der Waals surface area contributed by atoms with Crippen molar-refractivity contribution in [3.05, 3.63) is 98.5 Å². The Hall–Kier alpha value is -3.82. The van der Waals surface area contributed by atoms with Crippen molar-refractivity contribution in [2.24, 2.45) is 0 Å². The first-order valence-corrected chi connectivity index (χ1v) is 14.7. The van der Waals surface area contributed by atoms with Gasteiger partial charge in [-0.15, -0.1) is 0 Å². The lowest BCUT2D eigenvalue weighted by Crippen LogP contribution is -2.08. The van der Waals surface area contributed by atoms with Gasteiger partial charge in [-0.1, -0.05) is 55.0 Å². The molecule has 1 aliphatic rings. The summed E-state index contributed by atoms with van der Waals surface area (Å²) in [5, 5.41) is 11.2. The largest absolute Gasteiger partial charge is 0.493 e. The molecule has 2 N–H and O–H groups in total. The molecule has 0 spiro atoms. The minimum atomic E-state index is -3.58. The molecule has 4 aromatic rings. The molecule has 0 atom stereocenters. The molecule has 0 fully saturated rings. The number of benzene rings is 3. The molecule has 38 heavy (non-hydrogen) atoms. The second-order valence-corrected chi connectivity index (χ2v) is 11.6. The number of aromatic amines is 1. The van der Waals surface area contributed by atoms with Crippen LogP contribution in [0.1, 0.15) is 36.5 Å². The zero-order chi connectivity index (χ0) is 26.7. The molecule has 2 heterocycles. The van der Waals surface area contributed by atoms with Crippen LogP contribution >= 0.6 is 11.3 Å². The fraction of sp³-hybridized carbons (Fsp3) is 0.207. The number of aromatic nitrogens is 1. The smallest absolute Gasteiger partial charge is 0.307 e. The molecule has 0 bridgehead atoms. The molecular formula is C29H27NO6S2. The standard InChI is InChI=1S/C29H27NO6S2/c1-2-7-23-25(15-14-22-24(18-38(33,34)27(22)23)19-8-4-3-5-9-19)36-17-6-16-35-21-12-10-20(11-13-21)26-28(31)30-29(32)37-26/h3-5,8-15,18,31H,2,6-7,16-17H2,1H3,(H,30,32). The summed E-state index contributed by atoms with van der Waals surface area (Å²) in [6.45, 7) is 2.80. The van der Waals surface area contributed by atoms with E-state index in [0.29, 0.717) is 52.9 Å². The lowest BCUT2D eigenvalue weighted by molar-refractivity contribution is 0.245. The van der Waals surface area contributed by atoms with Gasteiger partial charge in [0.15, 0.2) is 0 Å². The monoisotopic (exact) mass is 549 g/mol. The third-order valence-electron chi connectivity index (χ3n) is 6.21. The predicted octanol–water partition coefficient (Wildman–Crippen LogP) is 5.79. The molecule has 9 heteroatoms. The van der Waals surface area contributed by atoms with Crippen molar-refractivity contribution in [3.63, 3.8) is 0 Å². The van der Waals surface area contributed by atoms with Gasteiger partial charge in [0.25, 0.3) is 0 Å². The zero-order valence-electron chi connectivity index (χ0n) is 20.8. The number of rotatable bonds is 10. The lowest BCUT2D eigenvalue weighted by Gasteiger charge is -2.16. The van der Waals surface area contributed by atoms with Crippen LogP contribution in [0.3, 0.4) is 0 Å². The summed E-state index contributed by atoms with van der Waals surface area (Å²) in [7, 11) is -3.58. The number of sulfone groups is 1. The van der Waals surface area contributed by atoms with E-state index >= 15 is 0 Å².